The average molecular weight is 513 g/mol. The van der Waals surface area contributed by atoms with Crippen molar-refractivity contribution >= 4 is 27.5 Å². The van der Waals surface area contributed by atoms with Gasteiger partial charge in [0.1, 0.15) is 5.69 Å². The SMILES string of the molecule is C=CC(=O)NC1C(C)(C)CN(S(=O)(=O)c2ccc(NC(=O)c3cc4c([nH]3)CCCC4)cc2)CC1(C)C. The van der Waals surface area contributed by atoms with Crippen LogP contribution in [0, 0.1) is 10.8 Å². The Labute approximate surface area is 213 Å². The smallest absolute Gasteiger partial charge is 0.272 e. The molecule has 0 saturated carbocycles. The molecule has 0 atom stereocenters. The summed E-state index contributed by atoms with van der Waals surface area (Å²) in [6.45, 7) is 11.9. The number of hydrogen-bond acceptors (Lipinski definition) is 4. The summed E-state index contributed by atoms with van der Waals surface area (Å²) in [5, 5.41) is 5.85. The van der Waals surface area contributed by atoms with Crippen molar-refractivity contribution in [2.75, 3.05) is 18.4 Å². The van der Waals surface area contributed by atoms with Crippen LogP contribution < -0.4 is 10.6 Å². The van der Waals surface area contributed by atoms with Gasteiger partial charge in [0.2, 0.25) is 15.9 Å². The van der Waals surface area contributed by atoms with Crippen molar-refractivity contribution < 1.29 is 18.0 Å². The maximum Gasteiger partial charge on any atom is 0.272 e. The third kappa shape index (κ3) is 5.13. The van der Waals surface area contributed by atoms with Gasteiger partial charge >= 0.3 is 0 Å². The normalized spacial score (nSPS) is 19.8. The number of carbonyl (C=O) groups is 2. The van der Waals surface area contributed by atoms with Gasteiger partial charge in [-0.05, 0) is 78.5 Å². The van der Waals surface area contributed by atoms with Crippen molar-refractivity contribution in [2.45, 2.75) is 64.3 Å². The maximum absolute atomic E-state index is 13.5. The van der Waals surface area contributed by atoms with Gasteiger partial charge in [0.05, 0.1) is 4.90 Å². The molecule has 1 saturated heterocycles. The summed E-state index contributed by atoms with van der Waals surface area (Å²) in [6.07, 6.45) is 5.44. The Morgan fingerprint density at radius 1 is 1.06 bits per heavy atom. The van der Waals surface area contributed by atoms with Gasteiger partial charge in [0.15, 0.2) is 0 Å². The number of H-pyrrole nitrogens is 1. The van der Waals surface area contributed by atoms with E-state index in [0.717, 1.165) is 31.4 Å². The number of aryl methyl sites for hydroxylation is 2. The topological polar surface area (TPSA) is 111 Å². The van der Waals surface area contributed by atoms with E-state index in [1.54, 1.807) is 12.1 Å². The van der Waals surface area contributed by atoms with Crippen LogP contribution in [0.1, 0.15) is 62.3 Å². The fourth-order valence-corrected chi connectivity index (χ4v) is 7.53. The number of carbonyl (C=O) groups excluding carboxylic acids is 2. The van der Waals surface area contributed by atoms with Crippen LogP contribution >= 0.6 is 0 Å². The van der Waals surface area contributed by atoms with E-state index in [-0.39, 0.29) is 35.8 Å². The number of aromatic nitrogens is 1. The third-order valence-electron chi connectivity index (χ3n) is 7.31. The summed E-state index contributed by atoms with van der Waals surface area (Å²) in [6, 6.07) is 7.96. The predicted molar refractivity (Wildman–Crippen MR) is 140 cm³/mol. The Hall–Kier alpha value is -2.91. The number of amides is 2. The summed E-state index contributed by atoms with van der Waals surface area (Å²) in [4.78, 5) is 28.1. The number of nitrogens with zero attached hydrogens (tertiary/aromatic N) is 1. The predicted octanol–water partition coefficient (Wildman–Crippen LogP) is 3.87. The van der Waals surface area contributed by atoms with Crippen molar-refractivity contribution in [3.8, 4) is 0 Å². The summed E-state index contributed by atoms with van der Waals surface area (Å²) in [5.74, 6) is -0.512. The second kappa shape index (κ2) is 9.52. The van der Waals surface area contributed by atoms with E-state index in [2.05, 4.69) is 22.2 Å². The molecule has 4 rings (SSSR count). The highest BCUT2D eigenvalue weighted by Crippen LogP contribution is 2.42. The molecular formula is C27H36N4O4S. The van der Waals surface area contributed by atoms with E-state index in [0.29, 0.717) is 11.4 Å². The Morgan fingerprint density at radius 3 is 2.25 bits per heavy atom. The van der Waals surface area contributed by atoms with Crippen LogP contribution in [0.5, 0.6) is 0 Å². The monoisotopic (exact) mass is 512 g/mol. The first-order chi connectivity index (χ1) is 16.8. The molecule has 9 heteroatoms. The number of sulfonamides is 1. The molecule has 0 radical (unpaired) electrons. The molecule has 8 nitrogen and oxygen atoms in total. The fraction of sp³-hybridized carbons (Fsp3) is 0.481. The summed E-state index contributed by atoms with van der Waals surface area (Å²) in [5.41, 5.74) is 2.37. The second-order valence-corrected chi connectivity index (χ2v) is 13.2. The van der Waals surface area contributed by atoms with Gasteiger partial charge in [-0.15, -0.1) is 0 Å². The standard InChI is InChI=1S/C27H36N4O4S/c1-6-23(32)30-25-26(2,3)16-31(17-27(25,4)5)36(34,35)20-13-11-19(12-14-20)28-24(33)22-15-18-9-7-8-10-21(18)29-22/h6,11-15,25,29H,1,7-10,16-17H2,2-5H3,(H,28,33)(H,30,32). The van der Waals surface area contributed by atoms with E-state index in [1.165, 1.54) is 28.1 Å². The molecule has 1 aliphatic heterocycles. The first-order valence-corrected chi connectivity index (χ1v) is 13.8. The molecule has 0 unspecified atom stereocenters. The number of benzene rings is 1. The van der Waals surface area contributed by atoms with Gasteiger partial charge in [0.25, 0.3) is 5.91 Å². The minimum Gasteiger partial charge on any atom is -0.354 e. The Morgan fingerprint density at radius 2 is 1.67 bits per heavy atom. The van der Waals surface area contributed by atoms with Crippen molar-refractivity contribution in [3.63, 3.8) is 0 Å². The molecule has 2 aromatic rings. The van der Waals surface area contributed by atoms with Crippen molar-refractivity contribution in [3.05, 3.63) is 59.9 Å². The lowest BCUT2D eigenvalue weighted by Gasteiger charge is -2.52. The summed E-state index contributed by atoms with van der Waals surface area (Å²) in [7, 11) is -3.78. The number of piperidine rings is 1. The molecule has 2 heterocycles. The van der Waals surface area contributed by atoms with Gasteiger partial charge in [0, 0.05) is 30.5 Å². The number of aromatic amines is 1. The molecule has 0 spiro atoms. The second-order valence-electron chi connectivity index (χ2n) is 11.3. The van der Waals surface area contributed by atoms with E-state index < -0.39 is 20.9 Å². The van der Waals surface area contributed by atoms with Crippen molar-refractivity contribution in [1.82, 2.24) is 14.6 Å². The molecular weight excluding hydrogens is 476 g/mol. The van der Waals surface area contributed by atoms with Crippen LogP contribution in [0.2, 0.25) is 0 Å². The van der Waals surface area contributed by atoms with Crippen LogP contribution in [-0.4, -0.2) is 48.7 Å². The quantitative estimate of drug-likeness (QED) is 0.510. The molecule has 2 aliphatic rings. The molecule has 36 heavy (non-hydrogen) atoms. The summed E-state index contributed by atoms with van der Waals surface area (Å²) >= 11 is 0. The number of rotatable bonds is 6. The van der Waals surface area contributed by atoms with Gasteiger partial charge < -0.3 is 15.6 Å². The maximum atomic E-state index is 13.5. The van der Waals surface area contributed by atoms with Crippen LogP contribution in [0.25, 0.3) is 0 Å². The van der Waals surface area contributed by atoms with Gasteiger partial charge in [-0.3, -0.25) is 9.59 Å². The summed E-state index contributed by atoms with van der Waals surface area (Å²) < 4.78 is 28.6. The molecule has 194 valence electrons. The highest BCUT2D eigenvalue weighted by Gasteiger charge is 2.50. The van der Waals surface area contributed by atoms with Gasteiger partial charge in [-0.1, -0.05) is 34.3 Å². The van der Waals surface area contributed by atoms with Crippen LogP contribution in [0.3, 0.4) is 0 Å². The lowest BCUT2D eigenvalue weighted by Crippen LogP contribution is -2.64. The van der Waals surface area contributed by atoms with Gasteiger partial charge in [-0.25, -0.2) is 8.42 Å². The zero-order valence-corrected chi connectivity index (χ0v) is 22.3. The molecule has 3 N–H and O–H groups in total. The third-order valence-corrected chi connectivity index (χ3v) is 9.12. The molecule has 0 bridgehead atoms. The lowest BCUT2D eigenvalue weighted by molar-refractivity contribution is -0.120. The van der Waals surface area contributed by atoms with E-state index in [9.17, 15) is 18.0 Å². The number of fused-ring (bicyclic) bond motifs is 1. The number of nitrogens with one attached hydrogen (secondary N) is 3. The number of anilines is 1. The van der Waals surface area contributed by atoms with Crippen LogP contribution in [-0.2, 0) is 27.7 Å². The molecule has 1 fully saturated rings. The lowest BCUT2D eigenvalue weighted by atomic mass is 9.67. The van der Waals surface area contributed by atoms with Crippen LogP contribution in [0.4, 0.5) is 5.69 Å². The molecule has 1 aromatic heterocycles. The van der Waals surface area contributed by atoms with Crippen molar-refractivity contribution in [1.29, 1.82) is 0 Å². The molecule has 2 amide bonds. The Bertz CT molecular complexity index is 1230. The Kier molecular flexibility index (Phi) is 6.92. The zero-order valence-electron chi connectivity index (χ0n) is 21.5. The van der Waals surface area contributed by atoms with Crippen molar-refractivity contribution in [2.24, 2.45) is 10.8 Å². The van der Waals surface area contributed by atoms with E-state index in [4.69, 9.17) is 0 Å². The molecule has 1 aliphatic carbocycles. The first kappa shape index (κ1) is 26.2. The average Bonchev–Trinajstić information content (AvgIpc) is 3.25. The Balaban J connectivity index is 1.48. The van der Waals surface area contributed by atoms with E-state index in [1.807, 2.05) is 33.8 Å². The number of hydrogen-bond donors (Lipinski definition) is 3. The van der Waals surface area contributed by atoms with E-state index >= 15 is 0 Å². The minimum atomic E-state index is -3.78. The minimum absolute atomic E-state index is 0.163. The zero-order chi connectivity index (χ0) is 26.3. The van der Waals surface area contributed by atoms with Crippen LogP contribution in [0.15, 0.2) is 47.9 Å². The largest absolute Gasteiger partial charge is 0.354 e. The highest BCUT2D eigenvalue weighted by molar-refractivity contribution is 7.89. The highest BCUT2D eigenvalue weighted by atomic mass is 32.2. The molecule has 1 aromatic carbocycles. The fourth-order valence-electron chi connectivity index (χ4n) is 5.75. The van der Waals surface area contributed by atoms with Gasteiger partial charge in [-0.2, -0.15) is 4.31 Å². The first-order valence-electron chi connectivity index (χ1n) is 12.4.